The Labute approximate surface area is 205 Å². The molecule has 0 aliphatic heterocycles. The average Bonchev–Trinajstić information content (AvgIpc) is 3.38. The van der Waals surface area contributed by atoms with Crippen LogP contribution in [0.15, 0.2) is 93.8 Å². The molecule has 0 radical (unpaired) electrons. The van der Waals surface area contributed by atoms with Crippen molar-refractivity contribution in [1.29, 1.82) is 0 Å². The molecule has 2 aromatic carbocycles. The van der Waals surface area contributed by atoms with Crippen molar-refractivity contribution in [3.8, 4) is 0 Å². The highest BCUT2D eigenvalue weighted by atomic mass is 16.3. The molecule has 2 N–H and O–H groups in total. The van der Waals surface area contributed by atoms with Gasteiger partial charge in [-0.05, 0) is 80.5 Å². The van der Waals surface area contributed by atoms with Crippen LogP contribution in [0.4, 0.5) is 5.69 Å². The van der Waals surface area contributed by atoms with E-state index < -0.39 is 5.91 Å². The zero-order chi connectivity index (χ0) is 25.0. The topological polar surface area (TPSA) is 86.9 Å². The predicted molar refractivity (Wildman–Crippen MR) is 141 cm³/mol. The van der Waals surface area contributed by atoms with E-state index >= 15 is 0 Å². The van der Waals surface area contributed by atoms with E-state index in [0.717, 1.165) is 29.9 Å². The van der Waals surface area contributed by atoms with Crippen molar-refractivity contribution in [3.05, 3.63) is 101 Å². The first-order valence-corrected chi connectivity index (χ1v) is 11.5. The fraction of sp³-hybridized carbons (Fsp3) is 0.179. The molecule has 0 atom stereocenters. The Morgan fingerprint density at radius 2 is 1.66 bits per heavy atom. The van der Waals surface area contributed by atoms with Crippen LogP contribution in [0.2, 0.25) is 0 Å². The van der Waals surface area contributed by atoms with Gasteiger partial charge in [-0.15, -0.1) is 0 Å². The lowest BCUT2D eigenvalue weighted by molar-refractivity contribution is -0.117. The number of furan rings is 1. The lowest BCUT2D eigenvalue weighted by Crippen LogP contribution is -2.32. The van der Waals surface area contributed by atoms with Gasteiger partial charge in [0.05, 0.1) is 12.5 Å². The van der Waals surface area contributed by atoms with E-state index in [0.29, 0.717) is 11.3 Å². The summed E-state index contributed by atoms with van der Waals surface area (Å²) in [7, 11) is 0. The first kappa shape index (κ1) is 25.2. The minimum atomic E-state index is -0.538. The number of carbonyl (C=O) groups is 2. The largest absolute Gasteiger partial charge is 0.465 e. The van der Waals surface area contributed by atoms with Crippen LogP contribution in [0.5, 0.6) is 0 Å². The van der Waals surface area contributed by atoms with Crippen molar-refractivity contribution in [2.24, 2.45) is 5.10 Å². The molecule has 0 spiro atoms. The third kappa shape index (κ3) is 7.57. The monoisotopic (exact) mass is 470 g/mol. The van der Waals surface area contributed by atoms with E-state index in [4.69, 9.17) is 4.42 Å². The van der Waals surface area contributed by atoms with Gasteiger partial charge in [0.25, 0.3) is 11.8 Å². The van der Waals surface area contributed by atoms with Gasteiger partial charge in [-0.25, -0.2) is 5.43 Å². The molecule has 180 valence electrons. The van der Waals surface area contributed by atoms with Crippen molar-refractivity contribution in [2.75, 3.05) is 18.0 Å². The second-order valence-corrected chi connectivity index (χ2v) is 7.74. The number of benzene rings is 2. The Balaban J connectivity index is 1.79. The number of nitrogens with zero attached hydrogens (tertiary/aromatic N) is 2. The van der Waals surface area contributed by atoms with E-state index in [1.54, 1.807) is 48.7 Å². The van der Waals surface area contributed by atoms with E-state index in [-0.39, 0.29) is 11.6 Å². The number of hydrogen-bond acceptors (Lipinski definition) is 5. The van der Waals surface area contributed by atoms with Crippen LogP contribution >= 0.6 is 0 Å². The molecule has 0 saturated heterocycles. The smallest absolute Gasteiger partial charge is 0.287 e. The van der Waals surface area contributed by atoms with Gasteiger partial charge in [0.2, 0.25) is 0 Å². The first-order valence-electron chi connectivity index (χ1n) is 11.5. The van der Waals surface area contributed by atoms with Crippen molar-refractivity contribution in [3.63, 3.8) is 0 Å². The molecule has 0 aliphatic carbocycles. The Hall–Kier alpha value is -4.39. The normalized spacial score (nSPS) is 12.0. The average molecular weight is 471 g/mol. The maximum atomic E-state index is 12.9. The van der Waals surface area contributed by atoms with Gasteiger partial charge in [-0.3, -0.25) is 9.59 Å². The molecule has 3 aromatic rings. The summed E-state index contributed by atoms with van der Waals surface area (Å²) in [6, 6.07) is 20.2. The molecule has 1 aromatic heterocycles. The van der Waals surface area contributed by atoms with Gasteiger partial charge in [0.15, 0.2) is 0 Å². The van der Waals surface area contributed by atoms with E-state index in [9.17, 15) is 9.59 Å². The van der Waals surface area contributed by atoms with Crippen LogP contribution in [-0.2, 0) is 4.79 Å². The summed E-state index contributed by atoms with van der Waals surface area (Å²) in [4.78, 5) is 27.9. The molecule has 35 heavy (non-hydrogen) atoms. The standard InChI is InChI=1S/C28H30N4O3/c1-4-32(5-2)24-15-13-22(14-16-24)19-26(30-27(33)23-10-7-6-8-11-23)28(34)31-29-20-21(3)18-25-12-9-17-35-25/h6-20H,4-5H2,1-3H3,(H,30,33)(H,31,34)/b21-18-,26-19+,29-20?. The molecule has 0 aliphatic rings. The van der Waals surface area contributed by atoms with Crippen molar-refractivity contribution >= 4 is 35.9 Å². The summed E-state index contributed by atoms with van der Waals surface area (Å²) < 4.78 is 5.27. The predicted octanol–water partition coefficient (Wildman–Crippen LogP) is 5.10. The summed E-state index contributed by atoms with van der Waals surface area (Å²) in [5, 5.41) is 6.73. The van der Waals surface area contributed by atoms with Gasteiger partial charge < -0.3 is 14.6 Å². The quantitative estimate of drug-likeness (QED) is 0.245. The number of carbonyl (C=O) groups excluding carboxylic acids is 2. The number of rotatable bonds is 10. The molecule has 0 unspecified atom stereocenters. The van der Waals surface area contributed by atoms with Crippen molar-refractivity contribution < 1.29 is 14.0 Å². The van der Waals surface area contributed by atoms with Crippen LogP contribution in [-0.4, -0.2) is 31.1 Å². The third-order valence-corrected chi connectivity index (χ3v) is 5.21. The molecule has 0 saturated carbocycles. The van der Waals surface area contributed by atoms with E-state index in [1.807, 2.05) is 43.3 Å². The van der Waals surface area contributed by atoms with E-state index in [2.05, 4.69) is 34.6 Å². The zero-order valence-electron chi connectivity index (χ0n) is 20.2. The minimum absolute atomic E-state index is 0.0826. The van der Waals surface area contributed by atoms with Crippen molar-refractivity contribution in [2.45, 2.75) is 20.8 Å². The molecule has 0 fully saturated rings. The fourth-order valence-electron chi connectivity index (χ4n) is 3.37. The third-order valence-electron chi connectivity index (χ3n) is 5.21. The summed E-state index contributed by atoms with van der Waals surface area (Å²) in [6.45, 7) is 7.84. The number of anilines is 1. The molecular weight excluding hydrogens is 440 g/mol. The van der Waals surface area contributed by atoms with Gasteiger partial charge in [0.1, 0.15) is 11.5 Å². The lowest BCUT2D eigenvalue weighted by atomic mass is 10.1. The van der Waals surface area contributed by atoms with Gasteiger partial charge in [-0.2, -0.15) is 5.10 Å². The van der Waals surface area contributed by atoms with E-state index in [1.165, 1.54) is 6.21 Å². The number of amides is 2. The number of nitrogens with one attached hydrogen (secondary N) is 2. The highest BCUT2D eigenvalue weighted by Gasteiger charge is 2.14. The number of hydrogen-bond donors (Lipinski definition) is 2. The fourth-order valence-corrected chi connectivity index (χ4v) is 3.37. The van der Waals surface area contributed by atoms with Crippen LogP contribution in [0.1, 0.15) is 42.5 Å². The molecule has 3 rings (SSSR count). The summed E-state index contributed by atoms with van der Waals surface area (Å²) in [5.74, 6) is -0.238. The molecule has 7 heteroatoms. The van der Waals surface area contributed by atoms with Crippen LogP contribution in [0.3, 0.4) is 0 Å². The minimum Gasteiger partial charge on any atom is -0.465 e. The lowest BCUT2D eigenvalue weighted by Gasteiger charge is -2.20. The summed E-state index contributed by atoms with van der Waals surface area (Å²) in [6.07, 6.45) is 6.51. The van der Waals surface area contributed by atoms with Gasteiger partial charge in [0, 0.05) is 24.3 Å². The second kappa shape index (κ2) is 12.7. The second-order valence-electron chi connectivity index (χ2n) is 7.74. The molecule has 0 bridgehead atoms. The SMILES string of the molecule is CCN(CC)c1ccc(/C=C(/NC(=O)c2ccccc2)C(=O)NN=C/C(C)=C\c2ccco2)cc1. The molecule has 7 nitrogen and oxygen atoms in total. The maximum Gasteiger partial charge on any atom is 0.287 e. The van der Waals surface area contributed by atoms with Crippen molar-refractivity contribution in [1.82, 2.24) is 10.7 Å². The van der Waals surface area contributed by atoms with Crippen LogP contribution in [0.25, 0.3) is 12.2 Å². The number of hydrazone groups is 1. The number of allylic oxidation sites excluding steroid dienone is 1. The maximum absolute atomic E-state index is 12.9. The Morgan fingerprint density at radius 1 is 0.943 bits per heavy atom. The zero-order valence-corrected chi connectivity index (χ0v) is 20.2. The highest BCUT2D eigenvalue weighted by molar-refractivity contribution is 6.05. The Kier molecular flexibility index (Phi) is 9.19. The highest BCUT2D eigenvalue weighted by Crippen LogP contribution is 2.17. The van der Waals surface area contributed by atoms with Crippen LogP contribution < -0.4 is 15.6 Å². The summed E-state index contributed by atoms with van der Waals surface area (Å²) in [5.41, 5.74) is 5.67. The Bertz CT molecular complexity index is 1190. The van der Waals surface area contributed by atoms with Gasteiger partial charge >= 0.3 is 0 Å². The van der Waals surface area contributed by atoms with Crippen LogP contribution in [0, 0.1) is 0 Å². The Morgan fingerprint density at radius 3 is 2.29 bits per heavy atom. The molecular formula is C28H30N4O3. The first-order chi connectivity index (χ1) is 17.0. The molecule has 2 amide bonds. The summed E-state index contributed by atoms with van der Waals surface area (Å²) >= 11 is 0. The van der Waals surface area contributed by atoms with Gasteiger partial charge in [-0.1, -0.05) is 30.3 Å². The molecule has 1 heterocycles.